The standard InChI is InChI=1S/C17H29NO2/c1-12(8-19)18-14(20)7-17-6-13-4-15(2,10-17)9-16(3,5-13)11-17/h12-13,19H,4-11H2,1-3H3,(H,18,20). The van der Waals surface area contributed by atoms with E-state index in [1.54, 1.807) is 0 Å². The van der Waals surface area contributed by atoms with Gasteiger partial charge >= 0.3 is 0 Å². The van der Waals surface area contributed by atoms with Crippen molar-refractivity contribution in [3.8, 4) is 0 Å². The molecule has 4 bridgehead atoms. The summed E-state index contributed by atoms with van der Waals surface area (Å²) in [5, 5.41) is 12.0. The third-order valence-corrected chi connectivity index (χ3v) is 5.96. The first-order chi connectivity index (χ1) is 9.26. The smallest absolute Gasteiger partial charge is 0.220 e. The van der Waals surface area contributed by atoms with Crippen LogP contribution < -0.4 is 5.32 Å². The molecular weight excluding hydrogens is 250 g/mol. The Kier molecular flexibility index (Phi) is 3.20. The molecule has 0 aromatic heterocycles. The van der Waals surface area contributed by atoms with Crippen molar-refractivity contribution in [2.24, 2.45) is 22.2 Å². The van der Waals surface area contributed by atoms with Crippen LogP contribution in [0, 0.1) is 22.2 Å². The second-order valence-corrected chi connectivity index (χ2v) is 8.96. The second kappa shape index (κ2) is 4.46. The van der Waals surface area contributed by atoms with Gasteiger partial charge in [0.05, 0.1) is 6.61 Å². The molecule has 0 heterocycles. The van der Waals surface area contributed by atoms with Gasteiger partial charge in [0.1, 0.15) is 0 Å². The van der Waals surface area contributed by atoms with Crippen LogP contribution in [-0.4, -0.2) is 23.7 Å². The van der Waals surface area contributed by atoms with Crippen molar-refractivity contribution in [2.45, 2.75) is 71.8 Å². The number of carbonyl (C=O) groups excluding carboxylic acids is 1. The second-order valence-electron chi connectivity index (χ2n) is 8.96. The average molecular weight is 279 g/mol. The Bertz CT molecular complexity index is 401. The molecule has 3 nitrogen and oxygen atoms in total. The quantitative estimate of drug-likeness (QED) is 0.831. The van der Waals surface area contributed by atoms with Gasteiger partial charge in [-0.1, -0.05) is 13.8 Å². The van der Waals surface area contributed by atoms with Gasteiger partial charge in [-0.3, -0.25) is 4.79 Å². The molecule has 1 amide bonds. The van der Waals surface area contributed by atoms with Gasteiger partial charge in [-0.2, -0.15) is 0 Å². The fourth-order valence-electron chi connectivity index (χ4n) is 6.59. The highest BCUT2D eigenvalue weighted by Crippen LogP contribution is 2.70. The molecule has 0 aromatic carbocycles. The Labute approximate surface area is 122 Å². The van der Waals surface area contributed by atoms with E-state index in [1.807, 2.05) is 6.92 Å². The molecule has 4 aliphatic rings. The van der Waals surface area contributed by atoms with Crippen LogP contribution in [0.2, 0.25) is 0 Å². The predicted molar refractivity (Wildman–Crippen MR) is 79.1 cm³/mol. The molecule has 3 atom stereocenters. The third-order valence-electron chi connectivity index (χ3n) is 5.96. The van der Waals surface area contributed by atoms with Crippen LogP contribution in [0.3, 0.4) is 0 Å². The van der Waals surface area contributed by atoms with E-state index in [2.05, 4.69) is 19.2 Å². The van der Waals surface area contributed by atoms with Crippen molar-refractivity contribution in [1.29, 1.82) is 0 Å². The first-order valence-electron chi connectivity index (χ1n) is 8.16. The monoisotopic (exact) mass is 279 g/mol. The minimum Gasteiger partial charge on any atom is -0.394 e. The van der Waals surface area contributed by atoms with Crippen LogP contribution in [0.15, 0.2) is 0 Å². The molecule has 2 N–H and O–H groups in total. The maximum absolute atomic E-state index is 12.3. The highest BCUT2D eigenvalue weighted by Gasteiger charge is 2.60. The number of aliphatic hydroxyl groups excluding tert-OH is 1. The first kappa shape index (κ1) is 14.4. The molecule has 0 aliphatic heterocycles. The highest BCUT2D eigenvalue weighted by atomic mass is 16.3. The summed E-state index contributed by atoms with van der Waals surface area (Å²) in [6.45, 7) is 6.77. The van der Waals surface area contributed by atoms with Gasteiger partial charge in [-0.05, 0) is 67.6 Å². The summed E-state index contributed by atoms with van der Waals surface area (Å²) in [6.07, 6.45) is 8.48. The Balaban J connectivity index is 1.74. The molecule has 0 aromatic rings. The fourth-order valence-corrected chi connectivity index (χ4v) is 6.59. The average Bonchev–Trinajstić information content (AvgIpc) is 2.22. The van der Waals surface area contributed by atoms with E-state index in [0.29, 0.717) is 17.3 Å². The molecule has 20 heavy (non-hydrogen) atoms. The fraction of sp³-hybridized carbons (Fsp3) is 0.941. The van der Waals surface area contributed by atoms with E-state index in [0.717, 1.165) is 5.92 Å². The summed E-state index contributed by atoms with van der Waals surface area (Å²) >= 11 is 0. The summed E-state index contributed by atoms with van der Waals surface area (Å²) in [5.74, 6) is 0.977. The van der Waals surface area contributed by atoms with E-state index in [-0.39, 0.29) is 24.0 Å². The highest BCUT2D eigenvalue weighted by molar-refractivity contribution is 5.77. The lowest BCUT2D eigenvalue weighted by molar-refractivity contribution is -0.156. The molecule has 114 valence electrons. The van der Waals surface area contributed by atoms with E-state index in [1.165, 1.54) is 38.5 Å². The van der Waals surface area contributed by atoms with E-state index in [9.17, 15) is 4.79 Å². The SMILES string of the molecule is CC(CO)NC(=O)CC12CC3CC(C)(CC(C)(C3)C1)C2. The summed E-state index contributed by atoms with van der Waals surface area (Å²) in [5.41, 5.74) is 1.18. The normalized spacial score (nSPS) is 47.3. The van der Waals surface area contributed by atoms with Crippen molar-refractivity contribution in [3.05, 3.63) is 0 Å². The van der Waals surface area contributed by atoms with Crippen LogP contribution in [-0.2, 0) is 4.79 Å². The Hall–Kier alpha value is -0.570. The largest absolute Gasteiger partial charge is 0.394 e. The number of hydrogen-bond acceptors (Lipinski definition) is 2. The molecule has 0 saturated heterocycles. The number of rotatable bonds is 4. The summed E-state index contributed by atoms with van der Waals surface area (Å²) in [4.78, 5) is 12.3. The molecule has 4 aliphatic carbocycles. The van der Waals surface area contributed by atoms with Gasteiger partial charge in [0.15, 0.2) is 0 Å². The number of aliphatic hydroxyl groups is 1. The zero-order valence-electron chi connectivity index (χ0n) is 13.2. The number of carbonyl (C=O) groups is 1. The Morgan fingerprint density at radius 3 is 2.30 bits per heavy atom. The van der Waals surface area contributed by atoms with E-state index in [4.69, 9.17) is 5.11 Å². The van der Waals surface area contributed by atoms with Gasteiger partial charge in [0, 0.05) is 12.5 Å². The van der Waals surface area contributed by atoms with Gasteiger partial charge in [0.2, 0.25) is 5.91 Å². The van der Waals surface area contributed by atoms with Crippen LogP contribution in [0.1, 0.15) is 65.7 Å². The van der Waals surface area contributed by atoms with Gasteiger partial charge in [-0.15, -0.1) is 0 Å². The van der Waals surface area contributed by atoms with Crippen LogP contribution in [0.25, 0.3) is 0 Å². The topological polar surface area (TPSA) is 49.3 Å². The molecule has 3 heteroatoms. The Morgan fingerprint density at radius 1 is 1.20 bits per heavy atom. The maximum atomic E-state index is 12.3. The van der Waals surface area contributed by atoms with Crippen molar-refractivity contribution < 1.29 is 9.90 Å². The zero-order valence-corrected chi connectivity index (χ0v) is 13.2. The van der Waals surface area contributed by atoms with Crippen molar-refractivity contribution in [3.63, 3.8) is 0 Å². The lowest BCUT2D eigenvalue weighted by atomic mass is 9.40. The lowest BCUT2D eigenvalue weighted by Gasteiger charge is -2.65. The van der Waals surface area contributed by atoms with Crippen molar-refractivity contribution in [1.82, 2.24) is 5.32 Å². The summed E-state index contributed by atoms with van der Waals surface area (Å²) < 4.78 is 0. The summed E-state index contributed by atoms with van der Waals surface area (Å²) in [6, 6.07) is -0.123. The molecule has 0 spiro atoms. The first-order valence-corrected chi connectivity index (χ1v) is 8.16. The summed E-state index contributed by atoms with van der Waals surface area (Å²) in [7, 11) is 0. The van der Waals surface area contributed by atoms with Gasteiger partial charge in [0.25, 0.3) is 0 Å². The van der Waals surface area contributed by atoms with Crippen molar-refractivity contribution in [2.75, 3.05) is 6.61 Å². The maximum Gasteiger partial charge on any atom is 0.220 e. The molecule has 0 radical (unpaired) electrons. The van der Waals surface area contributed by atoms with Gasteiger partial charge < -0.3 is 10.4 Å². The van der Waals surface area contributed by atoms with Crippen molar-refractivity contribution >= 4 is 5.91 Å². The van der Waals surface area contributed by atoms with Crippen LogP contribution in [0.5, 0.6) is 0 Å². The van der Waals surface area contributed by atoms with Crippen LogP contribution >= 0.6 is 0 Å². The molecule has 4 rings (SSSR count). The molecule has 4 fully saturated rings. The Morgan fingerprint density at radius 2 is 1.80 bits per heavy atom. The predicted octanol–water partition coefficient (Wildman–Crippen LogP) is 2.87. The zero-order chi connectivity index (χ0) is 14.6. The third kappa shape index (κ3) is 2.49. The minimum atomic E-state index is -0.123. The van der Waals surface area contributed by atoms with Gasteiger partial charge in [-0.25, -0.2) is 0 Å². The number of hydrogen-bond donors (Lipinski definition) is 2. The number of amides is 1. The van der Waals surface area contributed by atoms with Crippen LogP contribution in [0.4, 0.5) is 0 Å². The van der Waals surface area contributed by atoms with E-state index >= 15 is 0 Å². The lowest BCUT2D eigenvalue weighted by Crippen LogP contribution is -2.56. The minimum absolute atomic E-state index is 0.0246. The molecule has 4 saturated carbocycles. The number of nitrogens with one attached hydrogen (secondary N) is 1. The van der Waals surface area contributed by atoms with E-state index < -0.39 is 0 Å². The molecular formula is C17H29NO2. The molecule has 3 unspecified atom stereocenters.